The molecule has 1 atom stereocenters. The van der Waals surface area contributed by atoms with Gasteiger partial charge in [-0.05, 0) is 29.2 Å². The van der Waals surface area contributed by atoms with Crippen molar-refractivity contribution in [3.63, 3.8) is 0 Å². The summed E-state index contributed by atoms with van der Waals surface area (Å²) in [4.78, 5) is 14.9. The lowest BCUT2D eigenvalue weighted by molar-refractivity contribution is -0.0260. The fraction of sp³-hybridized carbons (Fsp3) is 0.476. The first-order chi connectivity index (χ1) is 12.1. The number of phenolic OH excluding ortho intramolecular Hbond substituents is 1. The zero-order chi connectivity index (χ0) is 17.8. The first-order valence-corrected chi connectivity index (χ1v) is 9.18. The topological polar surface area (TPSA) is 49.8 Å². The van der Waals surface area contributed by atoms with Crippen molar-refractivity contribution in [1.29, 1.82) is 0 Å². The van der Waals surface area contributed by atoms with Crippen molar-refractivity contribution in [1.82, 2.24) is 4.90 Å². The zero-order valence-electron chi connectivity index (χ0n) is 15.1. The Morgan fingerprint density at radius 3 is 2.88 bits per heavy atom. The summed E-state index contributed by atoms with van der Waals surface area (Å²) in [5.41, 5.74) is 0.404. The Bertz CT molecular complexity index is 741. The third-order valence-electron chi connectivity index (χ3n) is 4.85. The number of ether oxygens (including phenoxy) is 1. The van der Waals surface area contributed by atoms with E-state index in [2.05, 4.69) is 13.8 Å². The summed E-state index contributed by atoms with van der Waals surface area (Å²) in [5, 5.41) is 12.1. The van der Waals surface area contributed by atoms with Crippen molar-refractivity contribution in [2.45, 2.75) is 39.2 Å². The monoisotopic (exact) mass is 341 g/mol. The molecule has 2 aromatic carbocycles. The number of rotatable bonds is 5. The second-order valence-electron chi connectivity index (χ2n) is 7.25. The summed E-state index contributed by atoms with van der Waals surface area (Å²) < 4.78 is 5.84. The molecular formula is C21H27NO3. The maximum Gasteiger partial charge on any atom is 0.258 e. The number of benzene rings is 2. The van der Waals surface area contributed by atoms with Gasteiger partial charge in [-0.3, -0.25) is 4.79 Å². The first-order valence-electron chi connectivity index (χ1n) is 9.18. The number of amides is 1. The molecule has 4 heteroatoms. The fourth-order valence-corrected chi connectivity index (χ4v) is 3.48. The van der Waals surface area contributed by atoms with Gasteiger partial charge < -0.3 is 14.7 Å². The van der Waals surface area contributed by atoms with Crippen LogP contribution in [0.3, 0.4) is 0 Å². The van der Waals surface area contributed by atoms with E-state index in [9.17, 15) is 9.90 Å². The minimum atomic E-state index is -0.105. The predicted molar refractivity (Wildman–Crippen MR) is 99.9 cm³/mol. The van der Waals surface area contributed by atoms with E-state index in [4.69, 9.17) is 4.74 Å². The lowest BCUT2D eigenvalue weighted by atomic mass is 10.0. The van der Waals surface area contributed by atoms with E-state index in [1.165, 1.54) is 6.42 Å². The molecule has 1 unspecified atom stereocenters. The minimum absolute atomic E-state index is 0.0477. The third kappa shape index (κ3) is 4.13. The number of carbonyl (C=O) groups excluding carboxylic acids is 1. The van der Waals surface area contributed by atoms with Gasteiger partial charge in [-0.2, -0.15) is 0 Å². The van der Waals surface area contributed by atoms with Gasteiger partial charge in [-0.1, -0.05) is 57.0 Å². The molecular weight excluding hydrogens is 314 g/mol. The Kier molecular flexibility index (Phi) is 5.59. The molecule has 1 N–H and O–H groups in total. The molecule has 0 radical (unpaired) electrons. The van der Waals surface area contributed by atoms with Crippen LogP contribution in [0.4, 0.5) is 0 Å². The van der Waals surface area contributed by atoms with Crippen LogP contribution in [-0.4, -0.2) is 41.7 Å². The molecule has 1 aliphatic rings. The molecule has 1 aliphatic heterocycles. The van der Waals surface area contributed by atoms with Gasteiger partial charge >= 0.3 is 0 Å². The van der Waals surface area contributed by atoms with E-state index in [1.54, 1.807) is 6.07 Å². The van der Waals surface area contributed by atoms with Crippen molar-refractivity contribution < 1.29 is 14.6 Å². The van der Waals surface area contributed by atoms with Crippen LogP contribution in [-0.2, 0) is 4.74 Å². The number of morpholine rings is 1. The molecule has 0 aliphatic carbocycles. The second kappa shape index (κ2) is 7.87. The van der Waals surface area contributed by atoms with Gasteiger partial charge in [-0.25, -0.2) is 0 Å². The average molecular weight is 341 g/mol. The van der Waals surface area contributed by atoms with Crippen molar-refractivity contribution in [2.24, 2.45) is 5.92 Å². The number of carbonyl (C=O) groups is 1. The van der Waals surface area contributed by atoms with E-state index in [0.29, 0.717) is 31.2 Å². The number of aromatic hydroxyl groups is 1. The van der Waals surface area contributed by atoms with Crippen LogP contribution < -0.4 is 0 Å². The van der Waals surface area contributed by atoms with Crippen LogP contribution in [0, 0.1) is 5.92 Å². The molecule has 1 heterocycles. The fourth-order valence-electron chi connectivity index (χ4n) is 3.48. The van der Waals surface area contributed by atoms with Crippen LogP contribution in [0.25, 0.3) is 10.8 Å². The standard InChI is InChI=1S/C21H27NO3/c1-15(2)6-5-8-17-14-22(12-13-25-17)21(24)20-18-9-4-3-7-16(18)10-11-19(20)23/h3-4,7,9-11,15,17,23H,5-6,8,12-14H2,1-2H3. The predicted octanol–water partition coefficient (Wildman–Crippen LogP) is 4.21. The maximum atomic E-state index is 13.1. The summed E-state index contributed by atoms with van der Waals surface area (Å²) in [7, 11) is 0. The minimum Gasteiger partial charge on any atom is -0.507 e. The highest BCUT2D eigenvalue weighted by Crippen LogP contribution is 2.29. The number of hydrogen-bond donors (Lipinski definition) is 1. The molecule has 0 spiro atoms. The summed E-state index contributed by atoms with van der Waals surface area (Å²) in [5.74, 6) is 0.631. The molecule has 134 valence electrons. The van der Waals surface area contributed by atoms with Crippen molar-refractivity contribution in [2.75, 3.05) is 19.7 Å². The van der Waals surface area contributed by atoms with E-state index in [1.807, 2.05) is 35.2 Å². The van der Waals surface area contributed by atoms with Crippen molar-refractivity contribution >= 4 is 16.7 Å². The smallest absolute Gasteiger partial charge is 0.258 e. The summed E-state index contributed by atoms with van der Waals surface area (Å²) in [6.07, 6.45) is 3.36. The number of hydrogen-bond acceptors (Lipinski definition) is 3. The van der Waals surface area contributed by atoms with Crippen LogP contribution in [0.5, 0.6) is 5.75 Å². The lowest BCUT2D eigenvalue weighted by Gasteiger charge is -2.33. The molecule has 4 nitrogen and oxygen atoms in total. The van der Waals surface area contributed by atoms with Gasteiger partial charge in [0.1, 0.15) is 5.75 Å². The van der Waals surface area contributed by atoms with E-state index < -0.39 is 0 Å². The highest BCUT2D eigenvalue weighted by molar-refractivity contribution is 6.09. The van der Waals surface area contributed by atoms with Crippen LogP contribution in [0.2, 0.25) is 0 Å². The lowest BCUT2D eigenvalue weighted by Crippen LogP contribution is -2.45. The molecule has 0 bridgehead atoms. The largest absolute Gasteiger partial charge is 0.507 e. The van der Waals surface area contributed by atoms with Crippen LogP contribution in [0.1, 0.15) is 43.5 Å². The number of phenols is 1. The summed E-state index contributed by atoms with van der Waals surface area (Å²) in [6.45, 7) is 6.17. The van der Waals surface area contributed by atoms with Crippen LogP contribution in [0.15, 0.2) is 36.4 Å². The highest BCUT2D eigenvalue weighted by atomic mass is 16.5. The summed E-state index contributed by atoms with van der Waals surface area (Å²) >= 11 is 0. The van der Waals surface area contributed by atoms with Gasteiger partial charge in [0.2, 0.25) is 0 Å². The van der Waals surface area contributed by atoms with Crippen LogP contribution >= 0.6 is 0 Å². The Morgan fingerprint density at radius 2 is 2.08 bits per heavy atom. The van der Waals surface area contributed by atoms with Gasteiger partial charge in [0.05, 0.1) is 18.3 Å². The molecule has 2 aromatic rings. The molecule has 1 amide bonds. The molecule has 3 rings (SSSR count). The third-order valence-corrected chi connectivity index (χ3v) is 4.85. The summed E-state index contributed by atoms with van der Waals surface area (Å²) in [6, 6.07) is 11.1. The SMILES string of the molecule is CC(C)CCCC1CN(C(=O)c2c(O)ccc3ccccc23)CCO1. The molecule has 25 heavy (non-hydrogen) atoms. The quantitative estimate of drug-likeness (QED) is 0.886. The molecule has 0 saturated carbocycles. The van der Waals surface area contributed by atoms with Gasteiger partial charge in [-0.15, -0.1) is 0 Å². The van der Waals surface area contributed by atoms with Crippen molar-refractivity contribution in [3.05, 3.63) is 42.0 Å². The molecule has 0 aromatic heterocycles. The first kappa shape index (κ1) is 17.7. The van der Waals surface area contributed by atoms with Crippen molar-refractivity contribution in [3.8, 4) is 5.75 Å². The number of fused-ring (bicyclic) bond motifs is 1. The second-order valence-corrected chi connectivity index (χ2v) is 7.25. The maximum absolute atomic E-state index is 13.1. The highest BCUT2D eigenvalue weighted by Gasteiger charge is 2.27. The van der Waals surface area contributed by atoms with E-state index in [-0.39, 0.29) is 17.8 Å². The molecule has 1 saturated heterocycles. The zero-order valence-corrected chi connectivity index (χ0v) is 15.1. The van der Waals surface area contributed by atoms with Gasteiger partial charge in [0, 0.05) is 13.1 Å². The van der Waals surface area contributed by atoms with E-state index >= 15 is 0 Å². The Hall–Kier alpha value is -2.07. The Morgan fingerprint density at radius 1 is 1.28 bits per heavy atom. The van der Waals surface area contributed by atoms with Gasteiger partial charge in [0.15, 0.2) is 0 Å². The Balaban J connectivity index is 1.76. The molecule has 1 fully saturated rings. The van der Waals surface area contributed by atoms with E-state index in [0.717, 1.165) is 23.6 Å². The number of nitrogens with zero attached hydrogens (tertiary/aromatic N) is 1. The average Bonchev–Trinajstić information content (AvgIpc) is 2.61. The normalized spacial score (nSPS) is 18.0. The van der Waals surface area contributed by atoms with Gasteiger partial charge in [0.25, 0.3) is 5.91 Å². The Labute approximate surface area is 149 Å².